The number of hydrazone groups is 1. The van der Waals surface area contributed by atoms with E-state index in [1.165, 1.54) is 11.3 Å². The molecule has 0 aliphatic heterocycles. The molecule has 0 atom stereocenters. The van der Waals surface area contributed by atoms with Crippen molar-refractivity contribution in [1.29, 1.82) is 0 Å². The van der Waals surface area contributed by atoms with Crippen LogP contribution in [0.5, 0.6) is 11.5 Å². The Morgan fingerprint density at radius 1 is 1.11 bits per heavy atom. The number of benzene rings is 2. The second-order valence-electron chi connectivity index (χ2n) is 5.48. The average molecular weight is 402 g/mol. The molecule has 27 heavy (non-hydrogen) atoms. The molecule has 1 heterocycles. The molecule has 0 saturated heterocycles. The molecule has 2 aromatic carbocycles. The molecule has 0 amide bonds. The molecule has 0 radical (unpaired) electrons. The van der Waals surface area contributed by atoms with Crippen LogP contribution in [0.15, 0.2) is 52.9 Å². The van der Waals surface area contributed by atoms with Crippen molar-refractivity contribution in [3.8, 4) is 22.8 Å². The normalized spacial score (nSPS) is 10.9. The minimum atomic E-state index is 0.570. The van der Waals surface area contributed by atoms with Crippen LogP contribution >= 0.6 is 22.9 Å². The first kappa shape index (κ1) is 19.2. The van der Waals surface area contributed by atoms with Gasteiger partial charge in [0, 0.05) is 27.6 Å². The van der Waals surface area contributed by atoms with E-state index in [1.54, 1.807) is 6.21 Å². The second kappa shape index (κ2) is 9.39. The van der Waals surface area contributed by atoms with Crippen LogP contribution in [0.1, 0.15) is 19.4 Å². The molecule has 1 aromatic heterocycles. The fourth-order valence-electron chi connectivity index (χ4n) is 2.39. The minimum absolute atomic E-state index is 0.570. The molecular formula is C20H20ClN3O2S. The maximum atomic E-state index is 5.93. The van der Waals surface area contributed by atoms with Gasteiger partial charge in [0.15, 0.2) is 0 Å². The van der Waals surface area contributed by atoms with Gasteiger partial charge >= 0.3 is 0 Å². The van der Waals surface area contributed by atoms with Crippen LogP contribution in [0, 0.1) is 0 Å². The molecule has 3 aromatic rings. The summed E-state index contributed by atoms with van der Waals surface area (Å²) in [6.07, 6.45) is 1.71. The van der Waals surface area contributed by atoms with Crippen LogP contribution in [0.25, 0.3) is 11.3 Å². The molecule has 0 saturated carbocycles. The summed E-state index contributed by atoms with van der Waals surface area (Å²) in [4.78, 5) is 4.54. The molecule has 3 rings (SSSR count). The van der Waals surface area contributed by atoms with E-state index < -0.39 is 0 Å². The van der Waals surface area contributed by atoms with E-state index in [0.717, 1.165) is 28.3 Å². The predicted molar refractivity (Wildman–Crippen MR) is 113 cm³/mol. The van der Waals surface area contributed by atoms with Crippen molar-refractivity contribution in [3.05, 3.63) is 58.4 Å². The van der Waals surface area contributed by atoms with Crippen LogP contribution in [0.3, 0.4) is 0 Å². The Labute approximate surface area is 167 Å². The molecule has 7 heteroatoms. The summed E-state index contributed by atoms with van der Waals surface area (Å²) in [6.45, 7) is 5.08. The number of rotatable bonds is 8. The second-order valence-corrected chi connectivity index (χ2v) is 6.77. The number of hydrogen-bond acceptors (Lipinski definition) is 6. The molecule has 0 bridgehead atoms. The van der Waals surface area contributed by atoms with Crippen LogP contribution in [0.2, 0.25) is 5.02 Å². The topological polar surface area (TPSA) is 55.7 Å². The first-order chi connectivity index (χ1) is 13.2. The van der Waals surface area contributed by atoms with Gasteiger partial charge in [-0.15, -0.1) is 11.3 Å². The maximum Gasteiger partial charge on any atom is 0.203 e. The van der Waals surface area contributed by atoms with E-state index in [1.807, 2.05) is 61.7 Å². The van der Waals surface area contributed by atoms with Gasteiger partial charge in [0.05, 0.1) is 25.1 Å². The van der Waals surface area contributed by atoms with Gasteiger partial charge in [0.2, 0.25) is 5.13 Å². The van der Waals surface area contributed by atoms with E-state index in [0.29, 0.717) is 23.4 Å². The fraction of sp³-hybridized carbons (Fsp3) is 0.200. The Bertz CT molecular complexity index is 910. The quantitative estimate of drug-likeness (QED) is 0.388. The summed E-state index contributed by atoms with van der Waals surface area (Å²) < 4.78 is 11.2. The van der Waals surface area contributed by atoms with E-state index >= 15 is 0 Å². The third kappa shape index (κ3) is 5.21. The van der Waals surface area contributed by atoms with Crippen LogP contribution < -0.4 is 14.9 Å². The highest BCUT2D eigenvalue weighted by Gasteiger charge is 2.06. The Balaban J connectivity index is 1.69. The van der Waals surface area contributed by atoms with Gasteiger partial charge in [-0.1, -0.05) is 23.7 Å². The van der Waals surface area contributed by atoms with E-state index in [-0.39, 0.29) is 0 Å². The Kier molecular flexibility index (Phi) is 6.68. The first-order valence-electron chi connectivity index (χ1n) is 8.59. The number of hydrogen-bond donors (Lipinski definition) is 1. The third-order valence-electron chi connectivity index (χ3n) is 3.60. The lowest BCUT2D eigenvalue weighted by molar-refractivity contribution is 0.323. The lowest BCUT2D eigenvalue weighted by atomic mass is 10.2. The zero-order valence-corrected chi connectivity index (χ0v) is 16.7. The number of ether oxygens (including phenoxy) is 2. The third-order valence-corrected chi connectivity index (χ3v) is 4.60. The molecular weight excluding hydrogens is 382 g/mol. The summed E-state index contributed by atoms with van der Waals surface area (Å²) >= 11 is 7.41. The van der Waals surface area contributed by atoms with Gasteiger partial charge < -0.3 is 9.47 Å². The molecule has 0 spiro atoms. The van der Waals surface area contributed by atoms with Crippen molar-refractivity contribution >= 4 is 34.3 Å². The fourth-order valence-corrected chi connectivity index (χ4v) is 3.19. The first-order valence-corrected chi connectivity index (χ1v) is 9.85. The minimum Gasteiger partial charge on any atom is -0.494 e. The number of nitrogens with zero attached hydrogens (tertiary/aromatic N) is 2. The van der Waals surface area contributed by atoms with Crippen molar-refractivity contribution < 1.29 is 9.47 Å². The molecule has 140 valence electrons. The van der Waals surface area contributed by atoms with Gasteiger partial charge in [0.25, 0.3) is 0 Å². The zero-order valence-electron chi connectivity index (χ0n) is 15.1. The largest absolute Gasteiger partial charge is 0.494 e. The summed E-state index contributed by atoms with van der Waals surface area (Å²) in [5, 5.41) is 7.67. The SMILES string of the molecule is CCOc1ccc(/C=N\Nc2nc(-c3ccc(Cl)cc3)cs2)c(OCC)c1. The van der Waals surface area contributed by atoms with Crippen molar-refractivity contribution in [2.75, 3.05) is 18.6 Å². The molecule has 0 aliphatic carbocycles. The van der Waals surface area contributed by atoms with Gasteiger partial charge in [0.1, 0.15) is 11.5 Å². The summed E-state index contributed by atoms with van der Waals surface area (Å²) in [5.41, 5.74) is 5.72. The van der Waals surface area contributed by atoms with Crippen LogP contribution in [0.4, 0.5) is 5.13 Å². The summed E-state index contributed by atoms with van der Waals surface area (Å²) in [6, 6.07) is 13.3. The number of anilines is 1. The summed E-state index contributed by atoms with van der Waals surface area (Å²) in [7, 11) is 0. The number of thiazole rings is 1. The monoisotopic (exact) mass is 401 g/mol. The Hall–Kier alpha value is -2.57. The lowest BCUT2D eigenvalue weighted by Gasteiger charge is -2.09. The Morgan fingerprint density at radius 2 is 1.89 bits per heavy atom. The molecule has 0 unspecified atom stereocenters. The predicted octanol–water partition coefficient (Wildman–Crippen LogP) is 5.71. The summed E-state index contributed by atoms with van der Waals surface area (Å²) in [5.74, 6) is 1.51. The van der Waals surface area contributed by atoms with Crippen molar-refractivity contribution in [1.82, 2.24) is 4.98 Å². The highest BCUT2D eigenvalue weighted by Crippen LogP contribution is 2.27. The molecule has 5 nitrogen and oxygen atoms in total. The van der Waals surface area contributed by atoms with Crippen molar-refractivity contribution in [3.63, 3.8) is 0 Å². The van der Waals surface area contributed by atoms with Gasteiger partial charge in [-0.25, -0.2) is 4.98 Å². The number of nitrogens with one attached hydrogen (secondary N) is 1. The van der Waals surface area contributed by atoms with Crippen molar-refractivity contribution in [2.45, 2.75) is 13.8 Å². The molecule has 1 N–H and O–H groups in total. The smallest absolute Gasteiger partial charge is 0.203 e. The van der Waals surface area contributed by atoms with Gasteiger partial charge in [-0.05, 0) is 38.1 Å². The highest BCUT2D eigenvalue weighted by molar-refractivity contribution is 7.14. The Morgan fingerprint density at radius 3 is 2.63 bits per heavy atom. The number of halogens is 1. The lowest BCUT2D eigenvalue weighted by Crippen LogP contribution is -1.99. The van der Waals surface area contributed by atoms with Gasteiger partial charge in [-0.3, -0.25) is 5.43 Å². The average Bonchev–Trinajstić information content (AvgIpc) is 3.13. The highest BCUT2D eigenvalue weighted by atomic mass is 35.5. The van der Waals surface area contributed by atoms with E-state index in [4.69, 9.17) is 21.1 Å². The molecule has 0 aliphatic rings. The number of aromatic nitrogens is 1. The van der Waals surface area contributed by atoms with Crippen molar-refractivity contribution in [2.24, 2.45) is 5.10 Å². The van der Waals surface area contributed by atoms with Crippen LogP contribution in [-0.2, 0) is 0 Å². The standard InChI is InChI=1S/C20H20ClN3O2S/c1-3-25-17-10-7-15(19(11-17)26-4-2)12-22-24-20-23-18(13-27-20)14-5-8-16(21)9-6-14/h5-13H,3-4H2,1-2H3,(H,23,24)/b22-12-. The van der Waals surface area contributed by atoms with E-state index in [2.05, 4.69) is 15.5 Å². The van der Waals surface area contributed by atoms with E-state index in [9.17, 15) is 0 Å². The zero-order chi connectivity index (χ0) is 19.1. The molecule has 0 fully saturated rings. The van der Waals surface area contributed by atoms with Crippen LogP contribution in [-0.4, -0.2) is 24.4 Å². The maximum absolute atomic E-state index is 5.93. The van der Waals surface area contributed by atoms with Gasteiger partial charge in [-0.2, -0.15) is 5.10 Å².